The van der Waals surface area contributed by atoms with Gasteiger partial charge in [0.1, 0.15) is 5.82 Å². The van der Waals surface area contributed by atoms with E-state index < -0.39 is 0 Å². The lowest BCUT2D eigenvalue weighted by molar-refractivity contribution is 0.116. The summed E-state index contributed by atoms with van der Waals surface area (Å²) in [5.74, 6) is 2.23. The Labute approximate surface area is 136 Å². The van der Waals surface area contributed by atoms with E-state index in [9.17, 15) is 0 Å². The average molecular weight is 329 g/mol. The van der Waals surface area contributed by atoms with Gasteiger partial charge in [0.2, 0.25) is 0 Å². The monoisotopic (exact) mass is 328 g/mol. The molecule has 3 nitrogen and oxygen atoms in total. The summed E-state index contributed by atoms with van der Waals surface area (Å²) in [6, 6.07) is 5.80. The van der Waals surface area contributed by atoms with Crippen molar-refractivity contribution >= 4 is 34.2 Å². The molecule has 0 fully saturated rings. The molecule has 0 saturated carbocycles. The molecule has 0 aliphatic carbocycles. The van der Waals surface area contributed by atoms with Crippen LogP contribution in [0.15, 0.2) is 18.2 Å². The van der Waals surface area contributed by atoms with Crippen LogP contribution < -0.4 is 0 Å². The highest BCUT2D eigenvalue weighted by Crippen LogP contribution is 2.21. The van der Waals surface area contributed by atoms with Gasteiger partial charge in [0, 0.05) is 30.5 Å². The Kier molecular flexibility index (Phi) is 6.34. The fourth-order valence-electron chi connectivity index (χ4n) is 2.25. The molecule has 0 aliphatic heterocycles. The summed E-state index contributed by atoms with van der Waals surface area (Å²) in [5.41, 5.74) is 2.01. The molecule has 0 N–H and O–H groups in total. The maximum atomic E-state index is 6.03. The zero-order valence-corrected chi connectivity index (χ0v) is 14.1. The zero-order valence-electron chi connectivity index (χ0n) is 12.6. The SMILES string of the molecule is CC(C)CCOCCn1c(CCCl)nc2cc(Cl)ccc21. The van der Waals surface area contributed by atoms with E-state index in [-0.39, 0.29) is 0 Å². The molecule has 0 saturated heterocycles. The van der Waals surface area contributed by atoms with Gasteiger partial charge in [-0.1, -0.05) is 25.4 Å². The van der Waals surface area contributed by atoms with Crippen molar-refractivity contribution in [3.8, 4) is 0 Å². The van der Waals surface area contributed by atoms with Gasteiger partial charge in [-0.05, 0) is 30.5 Å². The normalized spacial score (nSPS) is 11.7. The van der Waals surface area contributed by atoms with Crippen molar-refractivity contribution in [3.05, 3.63) is 29.0 Å². The molecule has 0 aliphatic rings. The third-order valence-corrected chi connectivity index (χ3v) is 3.83. The van der Waals surface area contributed by atoms with Gasteiger partial charge >= 0.3 is 0 Å². The van der Waals surface area contributed by atoms with Gasteiger partial charge in [-0.25, -0.2) is 4.98 Å². The van der Waals surface area contributed by atoms with E-state index in [1.165, 1.54) is 0 Å². The van der Waals surface area contributed by atoms with Crippen LogP contribution in [0.5, 0.6) is 0 Å². The molecule has 0 amide bonds. The second-order valence-corrected chi connectivity index (χ2v) is 6.36. The Bertz CT molecular complexity index is 581. The largest absolute Gasteiger partial charge is 0.380 e. The second-order valence-electron chi connectivity index (χ2n) is 5.55. The molecular formula is C16H22Cl2N2O. The van der Waals surface area contributed by atoms with Crippen LogP contribution in [0, 0.1) is 5.92 Å². The molecule has 0 spiro atoms. The van der Waals surface area contributed by atoms with Crippen molar-refractivity contribution in [2.24, 2.45) is 5.92 Å². The van der Waals surface area contributed by atoms with Crippen LogP contribution in [-0.4, -0.2) is 28.6 Å². The molecular weight excluding hydrogens is 307 g/mol. The minimum atomic E-state index is 0.561. The lowest BCUT2D eigenvalue weighted by atomic mass is 10.1. The van der Waals surface area contributed by atoms with Gasteiger partial charge in [-0.2, -0.15) is 0 Å². The average Bonchev–Trinajstić information content (AvgIpc) is 2.75. The van der Waals surface area contributed by atoms with Gasteiger partial charge in [0.05, 0.1) is 17.6 Å². The maximum absolute atomic E-state index is 6.03. The zero-order chi connectivity index (χ0) is 15.2. The van der Waals surface area contributed by atoms with Crippen molar-refractivity contribution in [1.29, 1.82) is 0 Å². The first-order chi connectivity index (χ1) is 10.1. The van der Waals surface area contributed by atoms with Crippen LogP contribution in [0.4, 0.5) is 0 Å². The Balaban J connectivity index is 2.07. The lowest BCUT2D eigenvalue weighted by Gasteiger charge is -2.10. The first kappa shape index (κ1) is 16.6. The number of aryl methyl sites for hydroxylation is 1. The quantitative estimate of drug-likeness (QED) is 0.525. The highest BCUT2D eigenvalue weighted by Gasteiger charge is 2.10. The standard InChI is InChI=1S/C16H22Cl2N2O/c1-12(2)6-9-21-10-8-20-15-4-3-13(18)11-14(15)19-16(20)5-7-17/h3-4,11-12H,5-10H2,1-2H3. The number of ether oxygens (including phenoxy) is 1. The fraction of sp³-hybridized carbons (Fsp3) is 0.562. The number of rotatable bonds is 8. The fourth-order valence-corrected chi connectivity index (χ4v) is 2.59. The summed E-state index contributed by atoms with van der Waals surface area (Å²) in [4.78, 5) is 4.63. The minimum Gasteiger partial charge on any atom is -0.380 e. The third-order valence-electron chi connectivity index (χ3n) is 3.41. The van der Waals surface area contributed by atoms with Crippen LogP contribution in [0.25, 0.3) is 11.0 Å². The minimum absolute atomic E-state index is 0.561. The van der Waals surface area contributed by atoms with Crippen molar-refractivity contribution < 1.29 is 4.74 Å². The van der Waals surface area contributed by atoms with Gasteiger partial charge in [-0.15, -0.1) is 11.6 Å². The predicted molar refractivity (Wildman–Crippen MR) is 89.4 cm³/mol. The van der Waals surface area contributed by atoms with Crippen LogP contribution >= 0.6 is 23.2 Å². The summed E-state index contributed by atoms with van der Waals surface area (Å²) in [6.45, 7) is 6.70. The molecule has 0 unspecified atom stereocenters. The van der Waals surface area contributed by atoms with E-state index in [0.717, 1.165) is 42.9 Å². The number of nitrogens with zero attached hydrogens (tertiary/aromatic N) is 2. The van der Waals surface area contributed by atoms with E-state index in [2.05, 4.69) is 23.4 Å². The van der Waals surface area contributed by atoms with E-state index in [1.807, 2.05) is 18.2 Å². The highest BCUT2D eigenvalue weighted by atomic mass is 35.5. The molecule has 2 aromatic rings. The summed E-state index contributed by atoms with van der Waals surface area (Å²) in [7, 11) is 0. The van der Waals surface area contributed by atoms with Crippen LogP contribution in [-0.2, 0) is 17.7 Å². The predicted octanol–water partition coefficient (Wildman–Crippen LogP) is 4.53. The molecule has 5 heteroatoms. The van der Waals surface area contributed by atoms with Gasteiger partial charge < -0.3 is 9.30 Å². The lowest BCUT2D eigenvalue weighted by Crippen LogP contribution is -2.11. The number of fused-ring (bicyclic) bond motifs is 1. The van der Waals surface area contributed by atoms with E-state index in [0.29, 0.717) is 23.4 Å². The Hall–Kier alpha value is -0.770. The van der Waals surface area contributed by atoms with Crippen molar-refractivity contribution in [1.82, 2.24) is 9.55 Å². The van der Waals surface area contributed by atoms with E-state index in [1.54, 1.807) is 0 Å². The molecule has 21 heavy (non-hydrogen) atoms. The molecule has 0 atom stereocenters. The number of imidazole rings is 1. The van der Waals surface area contributed by atoms with Crippen molar-refractivity contribution in [2.45, 2.75) is 33.2 Å². The van der Waals surface area contributed by atoms with Gasteiger partial charge in [0.15, 0.2) is 0 Å². The van der Waals surface area contributed by atoms with Crippen molar-refractivity contribution in [3.63, 3.8) is 0 Å². The first-order valence-electron chi connectivity index (χ1n) is 7.40. The van der Waals surface area contributed by atoms with E-state index >= 15 is 0 Å². The molecule has 1 aromatic carbocycles. The number of halogens is 2. The molecule has 0 bridgehead atoms. The molecule has 1 heterocycles. The summed E-state index contributed by atoms with van der Waals surface area (Å²) in [5, 5.41) is 0.706. The Morgan fingerprint density at radius 2 is 2.10 bits per heavy atom. The third kappa shape index (κ3) is 4.60. The highest BCUT2D eigenvalue weighted by molar-refractivity contribution is 6.31. The van der Waals surface area contributed by atoms with Gasteiger partial charge in [0.25, 0.3) is 0 Å². The summed E-state index contributed by atoms with van der Waals surface area (Å²) >= 11 is 11.9. The summed E-state index contributed by atoms with van der Waals surface area (Å²) in [6.07, 6.45) is 1.84. The molecule has 2 rings (SSSR count). The van der Waals surface area contributed by atoms with Crippen molar-refractivity contribution in [2.75, 3.05) is 19.1 Å². The first-order valence-corrected chi connectivity index (χ1v) is 8.31. The Morgan fingerprint density at radius 1 is 1.29 bits per heavy atom. The number of hydrogen-bond acceptors (Lipinski definition) is 2. The summed E-state index contributed by atoms with van der Waals surface area (Å²) < 4.78 is 7.90. The van der Waals surface area contributed by atoms with Crippen LogP contribution in [0.1, 0.15) is 26.1 Å². The van der Waals surface area contributed by atoms with Crippen LogP contribution in [0.3, 0.4) is 0 Å². The topological polar surface area (TPSA) is 27.1 Å². The van der Waals surface area contributed by atoms with Gasteiger partial charge in [-0.3, -0.25) is 0 Å². The second kappa shape index (κ2) is 8.02. The molecule has 1 aromatic heterocycles. The van der Waals surface area contributed by atoms with E-state index in [4.69, 9.17) is 27.9 Å². The number of aromatic nitrogens is 2. The maximum Gasteiger partial charge on any atom is 0.111 e. The Morgan fingerprint density at radius 3 is 2.81 bits per heavy atom. The molecule has 0 radical (unpaired) electrons. The number of alkyl halides is 1. The van der Waals surface area contributed by atoms with Crippen LogP contribution in [0.2, 0.25) is 5.02 Å². The number of hydrogen-bond donors (Lipinski definition) is 0. The number of benzene rings is 1. The smallest absolute Gasteiger partial charge is 0.111 e. The molecule has 116 valence electrons.